The number of rotatable bonds is 5. The minimum Gasteiger partial charge on any atom is -0.264 e. The first kappa shape index (κ1) is 16.2. The van der Waals surface area contributed by atoms with Crippen molar-refractivity contribution in [2.24, 2.45) is 5.18 Å². The maximum absolute atomic E-state index is 11.6. The summed E-state index contributed by atoms with van der Waals surface area (Å²) in [4.78, 5) is 15.8. The van der Waals surface area contributed by atoms with Crippen LogP contribution in [-0.4, -0.2) is 4.98 Å². The van der Waals surface area contributed by atoms with Crippen molar-refractivity contribution in [1.82, 2.24) is 4.98 Å². The minimum atomic E-state index is -0.546. The van der Waals surface area contributed by atoms with Gasteiger partial charge in [-0.1, -0.05) is 78.0 Å². The summed E-state index contributed by atoms with van der Waals surface area (Å²) in [6, 6.07) is 25.9. The monoisotopic (exact) mass is 338 g/mol. The zero-order valence-corrected chi connectivity index (χ0v) is 14.2. The molecule has 126 valence electrons. The van der Waals surface area contributed by atoms with Gasteiger partial charge in [0, 0.05) is 18.0 Å². The van der Waals surface area contributed by atoms with E-state index in [9.17, 15) is 4.91 Å². The summed E-state index contributed by atoms with van der Waals surface area (Å²) < 4.78 is 0. The molecule has 1 unspecified atom stereocenters. The number of nitroso groups, excluding NO2 is 1. The minimum absolute atomic E-state index is 0.546. The third-order valence-electron chi connectivity index (χ3n) is 4.72. The second-order valence-electron chi connectivity index (χ2n) is 6.31. The highest BCUT2D eigenvalue weighted by Crippen LogP contribution is 2.30. The number of hydrogen-bond acceptors (Lipinski definition) is 3. The fraction of sp³-hybridized carbons (Fsp3) is 0.0870. The Balaban J connectivity index is 1.77. The van der Waals surface area contributed by atoms with Gasteiger partial charge in [0.25, 0.3) is 0 Å². The van der Waals surface area contributed by atoms with Crippen LogP contribution >= 0.6 is 0 Å². The maximum atomic E-state index is 11.6. The van der Waals surface area contributed by atoms with Crippen molar-refractivity contribution in [3.8, 4) is 0 Å². The van der Waals surface area contributed by atoms with E-state index in [0.717, 1.165) is 23.1 Å². The molecule has 0 spiro atoms. The predicted octanol–water partition coefficient (Wildman–Crippen LogP) is 5.68. The molecule has 4 rings (SSSR count). The lowest BCUT2D eigenvalue weighted by atomic mass is 9.91. The summed E-state index contributed by atoms with van der Waals surface area (Å²) in [6.07, 6.45) is 4.16. The van der Waals surface area contributed by atoms with E-state index in [0.29, 0.717) is 0 Å². The Morgan fingerprint density at radius 1 is 0.808 bits per heavy atom. The van der Waals surface area contributed by atoms with Crippen molar-refractivity contribution >= 4 is 10.8 Å². The molecule has 1 heterocycles. The Labute approximate surface area is 152 Å². The van der Waals surface area contributed by atoms with Gasteiger partial charge in [0.05, 0.1) is 0 Å². The van der Waals surface area contributed by atoms with E-state index in [1.807, 2.05) is 30.3 Å². The van der Waals surface area contributed by atoms with Crippen LogP contribution in [0.5, 0.6) is 0 Å². The van der Waals surface area contributed by atoms with E-state index >= 15 is 0 Å². The van der Waals surface area contributed by atoms with Crippen LogP contribution in [0.15, 0.2) is 96.4 Å². The third-order valence-corrected chi connectivity index (χ3v) is 4.72. The molecule has 0 bridgehead atoms. The standard InChI is InChI=1S/C23H18N2O/c26-25-23(20-11-6-14-24-16-20)22-13-4-2-8-19(22)15-18-10-5-9-17-7-1-3-12-21(17)18/h1-14,16,23H,15H2. The number of pyridine rings is 1. The van der Waals surface area contributed by atoms with Gasteiger partial charge in [0.15, 0.2) is 0 Å². The molecule has 0 fully saturated rings. The van der Waals surface area contributed by atoms with E-state index in [4.69, 9.17) is 0 Å². The Hall–Kier alpha value is -3.33. The molecule has 0 saturated heterocycles. The van der Waals surface area contributed by atoms with Crippen molar-refractivity contribution in [2.75, 3.05) is 0 Å². The summed E-state index contributed by atoms with van der Waals surface area (Å²) in [5.74, 6) is 0. The van der Waals surface area contributed by atoms with Crippen molar-refractivity contribution in [1.29, 1.82) is 0 Å². The molecule has 0 aliphatic carbocycles. The molecular weight excluding hydrogens is 320 g/mol. The summed E-state index contributed by atoms with van der Waals surface area (Å²) in [5, 5.41) is 5.86. The smallest absolute Gasteiger partial charge is 0.144 e. The second-order valence-corrected chi connectivity index (χ2v) is 6.31. The van der Waals surface area contributed by atoms with Crippen LogP contribution in [0.3, 0.4) is 0 Å². The molecule has 0 aliphatic heterocycles. The Morgan fingerprint density at radius 2 is 1.58 bits per heavy atom. The first-order chi connectivity index (χ1) is 12.9. The molecule has 0 radical (unpaired) electrons. The average molecular weight is 338 g/mol. The van der Waals surface area contributed by atoms with Gasteiger partial charge in [0.2, 0.25) is 0 Å². The summed E-state index contributed by atoms with van der Waals surface area (Å²) in [6.45, 7) is 0. The second kappa shape index (κ2) is 7.28. The molecule has 0 saturated carbocycles. The van der Waals surface area contributed by atoms with Gasteiger partial charge in [-0.25, -0.2) is 0 Å². The number of hydrogen-bond donors (Lipinski definition) is 0. The summed E-state index contributed by atoms with van der Waals surface area (Å²) in [7, 11) is 0. The lowest BCUT2D eigenvalue weighted by Crippen LogP contribution is -2.03. The lowest BCUT2D eigenvalue weighted by Gasteiger charge is -2.15. The fourth-order valence-electron chi connectivity index (χ4n) is 3.45. The SMILES string of the molecule is O=NC(c1cccnc1)c1ccccc1Cc1cccc2ccccc12. The highest BCUT2D eigenvalue weighted by Gasteiger charge is 2.18. The molecule has 3 nitrogen and oxygen atoms in total. The topological polar surface area (TPSA) is 42.3 Å². The van der Waals surface area contributed by atoms with Crippen molar-refractivity contribution in [3.05, 3.63) is 118 Å². The van der Waals surface area contributed by atoms with Crippen molar-refractivity contribution in [2.45, 2.75) is 12.5 Å². The molecule has 0 aliphatic rings. The van der Waals surface area contributed by atoms with Crippen LogP contribution in [-0.2, 0) is 6.42 Å². The number of benzene rings is 3. The van der Waals surface area contributed by atoms with Crippen LogP contribution in [0.2, 0.25) is 0 Å². The summed E-state index contributed by atoms with van der Waals surface area (Å²) in [5.41, 5.74) is 4.10. The van der Waals surface area contributed by atoms with Gasteiger partial charge in [-0.2, -0.15) is 0 Å². The van der Waals surface area contributed by atoms with E-state index < -0.39 is 6.04 Å². The fourth-order valence-corrected chi connectivity index (χ4v) is 3.45. The van der Waals surface area contributed by atoms with Gasteiger partial charge in [-0.15, -0.1) is 4.91 Å². The number of fused-ring (bicyclic) bond motifs is 1. The zero-order valence-electron chi connectivity index (χ0n) is 14.2. The molecule has 3 aromatic carbocycles. The highest BCUT2D eigenvalue weighted by molar-refractivity contribution is 5.86. The molecule has 0 amide bonds. The van der Waals surface area contributed by atoms with Gasteiger partial charge in [-0.3, -0.25) is 4.98 Å². The van der Waals surface area contributed by atoms with Gasteiger partial charge in [-0.05, 0) is 39.9 Å². The van der Waals surface area contributed by atoms with E-state index in [1.54, 1.807) is 12.4 Å². The molecule has 3 heteroatoms. The zero-order chi connectivity index (χ0) is 17.8. The molecule has 1 atom stereocenters. The van der Waals surface area contributed by atoms with Crippen LogP contribution in [0.1, 0.15) is 28.3 Å². The third kappa shape index (κ3) is 3.11. The normalized spacial score (nSPS) is 12.0. The molecule has 4 aromatic rings. The van der Waals surface area contributed by atoms with Crippen LogP contribution in [0.4, 0.5) is 0 Å². The Kier molecular flexibility index (Phi) is 4.52. The number of aromatic nitrogens is 1. The molecule has 26 heavy (non-hydrogen) atoms. The van der Waals surface area contributed by atoms with Crippen LogP contribution < -0.4 is 0 Å². The first-order valence-corrected chi connectivity index (χ1v) is 8.63. The van der Waals surface area contributed by atoms with Gasteiger partial charge in [0.1, 0.15) is 6.04 Å². The van der Waals surface area contributed by atoms with Gasteiger partial charge < -0.3 is 0 Å². The Morgan fingerprint density at radius 3 is 2.42 bits per heavy atom. The largest absolute Gasteiger partial charge is 0.264 e. The van der Waals surface area contributed by atoms with Crippen molar-refractivity contribution < 1.29 is 0 Å². The van der Waals surface area contributed by atoms with Crippen molar-refractivity contribution in [3.63, 3.8) is 0 Å². The molecular formula is C23H18N2O. The average Bonchev–Trinajstić information content (AvgIpc) is 2.71. The predicted molar refractivity (Wildman–Crippen MR) is 105 cm³/mol. The summed E-state index contributed by atoms with van der Waals surface area (Å²) >= 11 is 0. The van der Waals surface area contributed by atoms with Crippen LogP contribution in [0, 0.1) is 4.91 Å². The quantitative estimate of drug-likeness (QED) is 0.439. The molecule has 0 N–H and O–H groups in total. The molecule has 1 aromatic heterocycles. The van der Waals surface area contributed by atoms with E-state index in [2.05, 4.69) is 58.7 Å². The highest BCUT2D eigenvalue weighted by atomic mass is 16.3. The van der Waals surface area contributed by atoms with E-state index in [1.165, 1.54) is 16.3 Å². The lowest BCUT2D eigenvalue weighted by molar-refractivity contribution is 0.840. The maximum Gasteiger partial charge on any atom is 0.144 e. The van der Waals surface area contributed by atoms with Gasteiger partial charge >= 0.3 is 0 Å². The number of nitrogens with zero attached hydrogens (tertiary/aromatic N) is 2. The van der Waals surface area contributed by atoms with E-state index in [-0.39, 0.29) is 0 Å². The Bertz CT molecular complexity index is 1040. The first-order valence-electron chi connectivity index (χ1n) is 8.63. The van der Waals surface area contributed by atoms with Crippen LogP contribution in [0.25, 0.3) is 10.8 Å².